The number of carbonyl (C=O) groups excluding carboxylic acids is 1. The van der Waals surface area contributed by atoms with E-state index in [-0.39, 0.29) is 5.57 Å². The molecule has 0 N–H and O–H groups in total. The highest BCUT2D eigenvalue weighted by Crippen LogP contribution is 2.45. The first-order valence-electron chi connectivity index (χ1n) is 7.11. The van der Waals surface area contributed by atoms with Crippen molar-refractivity contribution in [3.63, 3.8) is 0 Å². The van der Waals surface area contributed by atoms with E-state index in [1.54, 1.807) is 0 Å². The fourth-order valence-electron chi connectivity index (χ4n) is 2.56. The Morgan fingerprint density at radius 2 is 1.78 bits per heavy atom. The predicted molar refractivity (Wildman–Crippen MR) is 98.7 cm³/mol. The van der Waals surface area contributed by atoms with E-state index < -0.39 is 12.1 Å². The van der Waals surface area contributed by atoms with E-state index >= 15 is 0 Å². The lowest BCUT2D eigenvalue weighted by atomic mass is 9.93. The van der Waals surface area contributed by atoms with Gasteiger partial charge in [0.1, 0.15) is 5.76 Å². The molecule has 23 heavy (non-hydrogen) atoms. The van der Waals surface area contributed by atoms with Crippen molar-refractivity contribution in [2.75, 3.05) is 7.11 Å². The first kappa shape index (κ1) is 15.8. The van der Waals surface area contributed by atoms with Crippen LogP contribution in [0, 0.1) is 0 Å². The molecule has 3 nitrogen and oxygen atoms in total. The van der Waals surface area contributed by atoms with E-state index in [1.807, 2.05) is 54.6 Å². The monoisotopic (exact) mass is 418 g/mol. The molecule has 4 heteroatoms. The van der Waals surface area contributed by atoms with Crippen molar-refractivity contribution in [3.05, 3.63) is 83.4 Å². The number of hydrogen-bond acceptors (Lipinski definition) is 3. The van der Waals surface area contributed by atoms with Gasteiger partial charge in [0.05, 0.1) is 16.3 Å². The van der Waals surface area contributed by atoms with E-state index in [9.17, 15) is 4.79 Å². The summed E-state index contributed by atoms with van der Waals surface area (Å²) < 4.78 is 12.0. The van der Waals surface area contributed by atoms with Crippen LogP contribution < -0.4 is 0 Å². The Kier molecular flexibility index (Phi) is 4.52. The maximum atomic E-state index is 11.9. The first-order chi connectivity index (χ1) is 11.1. The Hall–Kier alpha value is -2.08. The van der Waals surface area contributed by atoms with Crippen LogP contribution in [0.5, 0.6) is 0 Å². The van der Waals surface area contributed by atoms with Crippen LogP contribution in [0.15, 0.2) is 66.7 Å². The average molecular weight is 418 g/mol. The van der Waals surface area contributed by atoms with Gasteiger partial charge in [0, 0.05) is 11.1 Å². The highest BCUT2D eigenvalue weighted by Gasteiger charge is 2.32. The number of esters is 1. The lowest BCUT2D eigenvalue weighted by Crippen LogP contribution is -2.19. The normalized spacial score (nSPS) is 16.3. The first-order valence-corrected chi connectivity index (χ1v) is 8.19. The number of hydrogen-bond donors (Lipinski definition) is 0. The molecule has 1 atom stereocenters. The topological polar surface area (TPSA) is 35.5 Å². The predicted octanol–water partition coefficient (Wildman–Crippen LogP) is 4.75. The van der Waals surface area contributed by atoms with Crippen LogP contribution in [0.1, 0.15) is 22.8 Å². The van der Waals surface area contributed by atoms with Crippen molar-refractivity contribution in [3.8, 4) is 0 Å². The van der Waals surface area contributed by atoms with Crippen LogP contribution in [0.3, 0.4) is 0 Å². The number of fused-ring (bicyclic) bond motifs is 1. The van der Waals surface area contributed by atoms with Gasteiger partial charge in [0.25, 0.3) is 0 Å². The molecule has 116 valence electrons. The number of carbonyl (C=O) groups is 1. The fourth-order valence-corrected chi connectivity index (χ4v) is 3.49. The Labute approximate surface area is 148 Å². The number of halogens is 1. The van der Waals surface area contributed by atoms with E-state index in [0.29, 0.717) is 0 Å². The lowest BCUT2D eigenvalue weighted by Gasteiger charge is -2.29. The number of methoxy groups -OCH3 is 1. The zero-order valence-electron chi connectivity index (χ0n) is 12.6. The third-order valence-electron chi connectivity index (χ3n) is 3.71. The van der Waals surface area contributed by atoms with Gasteiger partial charge in [-0.15, -0.1) is 0 Å². The molecule has 0 amide bonds. The van der Waals surface area contributed by atoms with Gasteiger partial charge < -0.3 is 9.47 Å². The molecule has 0 aliphatic carbocycles. The molecule has 1 heterocycles. The molecule has 1 aliphatic heterocycles. The summed E-state index contributed by atoms with van der Waals surface area (Å²) in [7, 11) is 1.35. The second kappa shape index (κ2) is 6.58. The minimum Gasteiger partial charge on any atom is -0.479 e. The molecule has 0 aromatic heterocycles. The Balaban J connectivity index is 2.13. The standard InChI is InChI=1S/C19H15IO3/c1-12(19(21)22-2)17-15-11-7-6-10-14(15)16(20)18(23-17)13-8-4-3-5-9-13/h3-11,17H,1H2,2H3. The molecular formula is C19H15IO3. The smallest absolute Gasteiger partial charge is 0.337 e. The van der Waals surface area contributed by atoms with Crippen LogP contribution in [-0.4, -0.2) is 13.1 Å². The minimum absolute atomic E-state index is 0.289. The van der Waals surface area contributed by atoms with Crippen LogP contribution in [0.2, 0.25) is 0 Å². The van der Waals surface area contributed by atoms with Crippen molar-refractivity contribution < 1.29 is 14.3 Å². The highest BCUT2D eigenvalue weighted by molar-refractivity contribution is 14.1. The zero-order chi connectivity index (χ0) is 16.4. The Morgan fingerprint density at radius 1 is 1.13 bits per heavy atom. The third kappa shape index (κ3) is 2.91. The summed E-state index contributed by atoms with van der Waals surface area (Å²) in [4.78, 5) is 11.9. The molecule has 1 unspecified atom stereocenters. The molecule has 0 fully saturated rings. The molecule has 3 rings (SSSR count). The van der Waals surface area contributed by atoms with Crippen molar-refractivity contribution in [1.29, 1.82) is 0 Å². The molecule has 2 aromatic rings. The van der Waals surface area contributed by atoms with Crippen LogP contribution in [0.4, 0.5) is 0 Å². The van der Waals surface area contributed by atoms with Gasteiger partial charge in [-0.1, -0.05) is 61.2 Å². The van der Waals surface area contributed by atoms with Crippen LogP contribution in [-0.2, 0) is 14.3 Å². The number of rotatable bonds is 3. The van der Waals surface area contributed by atoms with E-state index in [2.05, 4.69) is 29.2 Å². The summed E-state index contributed by atoms with van der Waals surface area (Å²) in [5.74, 6) is 0.286. The van der Waals surface area contributed by atoms with Crippen molar-refractivity contribution in [1.82, 2.24) is 0 Å². The largest absolute Gasteiger partial charge is 0.479 e. The van der Waals surface area contributed by atoms with Crippen LogP contribution >= 0.6 is 22.6 Å². The highest BCUT2D eigenvalue weighted by atomic mass is 127. The fraction of sp³-hybridized carbons (Fsp3) is 0.105. The maximum absolute atomic E-state index is 11.9. The van der Waals surface area contributed by atoms with E-state index in [1.165, 1.54) is 7.11 Å². The van der Waals surface area contributed by atoms with E-state index in [0.717, 1.165) is 26.0 Å². The molecule has 0 bridgehead atoms. The van der Waals surface area contributed by atoms with Gasteiger partial charge in [-0.25, -0.2) is 4.79 Å². The van der Waals surface area contributed by atoms with Crippen molar-refractivity contribution >= 4 is 37.9 Å². The van der Waals surface area contributed by atoms with Gasteiger partial charge in [0.15, 0.2) is 6.10 Å². The number of ether oxygens (including phenoxy) is 2. The number of benzene rings is 2. The molecule has 0 saturated carbocycles. The van der Waals surface area contributed by atoms with Crippen molar-refractivity contribution in [2.45, 2.75) is 6.10 Å². The average Bonchev–Trinajstić information content (AvgIpc) is 2.62. The summed E-state index contributed by atoms with van der Waals surface area (Å²) >= 11 is 2.28. The van der Waals surface area contributed by atoms with E-state index in [4.69, 9.17) is 9.47 Å². The van der Waals surface area contributed by atoms with Gasteiger partial charge >= 0.3 is 5.97 Å². The summed E-state index contributed by atoms with van der Waals surface area (Å²) in [6.07, 6.45) is -0.549. The molecule has 0 radical (unpaired) electrons. The maximum Gasteiger partial charge on any atom is 0.337 e. The van der Waals surface area contributed by atoms with Crippen LogP contribution in [0.25, 0.3) is 9.34 Å². The molecule has 2 aromatic carbocycles. The Morgan fingerprint density at radius 3 is 2.48 bits per heavy atom. The van der Waals surface area contributed by atoms with Gasteiger partial charge in [0.2, 0.25) is 0 Å². The second-order valence-electron chi connectivity index (χ2n) is 5.11. The molecule has 0 spiro atoms. The summed E-state index contributed by atoms with van der Waals surface area (Å²) in [6, 6.07) is 17.7. The quantitative estimate of drug-likeness (QED) is 0.410. The summed E-state index contributed by atoms with van der Waals surface area (Å²) in [6.45, 7) is 3.88. The third-order valence-corrected chi connectivity index (χ3v) is 4.79. The van der Waals surface area contributed by atoms with Gasteiger partial charge in [-0.05, 0) is 28.2 Å². The summed E-state index contributed by atoms with van der Waals surface area (Å²) in [5.41, 5.74) is 3.23. The molecular weight excluding hydrogens is 403 g/mol. The molecule has 0 saturated heterocycles. The summed E-state index contributed by atoms with van der Waals surface area (Å²) in [5, 5.41) is 0. The molecule has 1 aliphatic rings. The Bertz CT molecular complexity index is 793. The minimum atomic E-state index is -0.549. The second-order valence-corrected chi connectivity index (χ2v) is 6.19. The van der Waals surface area contributed by atoms with Gasteiger partial charge in [-0.2, -0.15) is 0 Å². The SMILES string of the molecule is C=C(C(=O)OC)C1OC(c2ccccc2)=C(I)c2ccccc21. The lowest BCUT2D eigenvalue weighted by molar-refractivity contribution is -0.137. The van der Waals surface area contributed by atoms with Crippen molar-refractivity contribution in [2.24, 2.45) is 0 Å². The zero-order valence-corrected chi connectivity index (χ0v) is 14.7. The van der Waals surface area contributed by atoms with Gasteiger partial charge in [-0.3, -0.25) is 0 Å².